The zero-order valence-corrected chi connectivity index (χ0v) is 13.2. The van der Waals surface area contributed by atoms with E-state index in [1.807, 2.05) is 17.6 Å². The van der Waals surface area contributed by atoms with Crippen LogP contribution in [0.5, 0.6) is 0 Å². The lowest BCUT2D eigenvalue weighted by atomic mass is 10.3. The maximum atomic E-state index is 12.1. The van der Waals surface area contributed by atoms with Gasteiger partial charge in [0.05, 0.1) is 10.6 Å². The molecule has 6 nitrogen and oxygen atoms in total. The van der Waals surface area contributed by atoms with Gasteiger partial charge in [0.15, 0.2) is 0 Å². The van der Waals surface area contributed by atoms with Crippen molar-refractivity contribution in [1.82, 2.24) is 19.5 Å². The van der Waals surface area contributed by atoms with Gasteiger partial charge in [-0.1, -0.05) is 18.2 Å². The van der Waals surface area contributed by atoms with E-state index >= 15 is 0 Å². The first kappa shape index (κ1) is 14.9. The van der Waals surface area contributed by atoms with Crippen molar-refractivity contribution in [2.45, 2.75) is 11.3 Å². The molecule has 0 bridgehead atoms. The molecule has 0 saturated carbocycles. The molecule has 0 unspecified atom stereocenters. The van der Waals surface area contributed by atoms with Crippen molar-refractivity contribution in [3.63, 3.8) is 0 Å². The number of aromatic nitrogens is 3. The summed E-state index contributed by atoms with van der Waals surface area (Å²) in [5.74, 6) is 0. The zero-order chi connectivity index (χ0) is 15.4. The molecule has 3 aromatic rings. The molecular formula is C14H14N4O2S2. The Balaban J connectivity index is 1.60. The minimum absolute atomic E-state index is 0.269. The predicted molar refractivity (Wildman–Crippen MR) is 84.6 cm³/mol. The minimum Gasteiger partial charge on any atom is -0.223 e. The second-order valence-corrected chi connectivity index (χ2v) is 7.14. The van der Waals surface area contributed by atoms with Crippen molar-refractivity contribution < 1.29 is 8.42 Å². The van der Waals surface area contributed by atoms with Crippen molar-refractivity contribution in [2.24, 2.45) is 0 Å². The summed E-state index contributed by atoms with van der Waals surface area (Å²) in [6.07, 6.45) is 4.04. The summed E-state index contributed by atoms with van der Waals surface area (Å²) in [5, 5.41) is 6.79. The highest BCUT2D eigenvalue weighted by atomic mass is 32.2. The largest absolute Gasteiger partial charge is 0.240 e. The molecule has 0 saturated heterocycles. The van der Waals surface area contributed by atoms with E-state index < -0.39 is 10.0 Å². The average Bonchev–Trinajstić information content (AvgIpc) is 3.19. The lowest BCUT2D eigenvalue weighted by Crippen LogP contribution is -2.26. The Morgan fingerprint density at radius 2 is 2.00 bits per heavy atom. The number of benzene rings is 1. The van der Waals surface area contributed by atoms with Gasteiger partial charge in [-0.2, -0.15) is 5.10 Å². The molecule has 2 aromatic heterocycles. The number of thiazole rings is 1. The van der Waals surface area contributed by atoms with E-state index in [4.69, 9.17) is 0 Å². The van der Waals surface area contributed by atoms with Gasteiger partial charge < -0.3 is 0 Å². The van der Waals surface area contributed by atoms with Gasteiger partial charge in [-0.3, -0.25) is 0 Å². The van der Waals surface area contributed by atoms with Gasteiger partial charge in [0.1, 0.15) is 0 Å². The molecular weight excluding hydrogens is 320 g/mol. The molecule has 0 amide bonds. The first-order chi connectivity index (χ1) is 10.6. The van der Waals surface area contributed by atoms with E-state index in [1.165, 1.54) is 11.3 Å². The first-order valence-electron chi connectivity index (χ1n) is 6.64. The average molecular weight is 334 g/mol. The van der Waals surface area contributed by atoms with Gasteiger partial charge in [-0.25, -0.2) is 22.8 Å². The Bertz CT molecular complexity index is 827. The van der Waals surface area contributed by atoms with Gasteiger partial charge in [0.2, 0.25) is 15.2 Å². The highest BCUT2D eigenvalue weighted by Crippen LogP contribution is 2.14. The highest BCUT2D eigenvalue weighted by molar-refractivity contribution is 7.89. The van der Waals surface area contributed by atoms with Crippen LogP contribution in [0.1, 0.15) is 5.69 Å². The Kier molecular flexibility index (Phi) is 4.32. The van der Waals surface area contributed by atoms with Crippen molar-refractivity contribution in [3.05, 3.63) is 59.9 Å². The van der Waals surface area contributed by atoms with Crippen molar-refractivity contribution in [1.29, 1.82) is 0 Å². The Hall–Kier alpha value is -2.03. The van der Waals surface area contributed by atoms with E-state index in [2.05, 4.69) is 14.8 Å². The van der Waals surface area contributed by atoms with Crippen LogP contribution < -0.4 is 4.72 Å². The number of nitrogens with one attached hydrogen (secondary N) is 1. The normalized spacial score (nSPS) is 11.6. The summed E-state index contributed by atoms with van der Waals surface area (Å²) in [6, 6.07) is 10.2. The minimum atomic E-state index is -3.46. The van der Waals surface area contributed by atoms with Gasteiger partial charge in [0, 0.05) is 30.7 Å². The lowest BCUT2D eigenvalue weighted by molar-refractivity contribution is 0.581. The SMILES string of the molecule is O=S(=O)(NCCc1csc(-n2cccn2)n1)c1ccccc1. The quantitative estimate of drug-likeness (QED) is 0.746. The Labute approximate surface area is 132 Å². The lowest BCUT2D eigenvalue weighted by Gasteiger charge is -2.05. The molecule has 0 radical (unpaired) electrons. The number of nitrogens with zero attached hydrogens (tertiary/aromatic N) is 3. The van der Waals surface area contributed by atoms with Gasteiger partial charge in [-0.05, 0) is 18.2 Å². The number of hydrogen-bond donors (Lipinski definition) is 1. The molecule has 114 valence electrons. The van der Waals surface area contributed by atoms with Crippen LogP contribution >= 0.6 is 11.3 Å². The van der Waals surface area contributed by atoms with Crippen molar-refractivity contribution in [3.8, 4) is 5.13 Å². The summed E-state index contributed by atoms with van der Waals surface area (Å²) < 4.78 is 28.4. The molecule has 1 aromatic carbocycles. The first-order valence-corrected chi connectivity index (χ1v) is 9.00. The van der Waals surface area contributed by atoms with Crippen LogP contribution in [0.15, 0.2) is 59.1 Å². The topological polar surface area (TPSA) is 76.9 Å². The van der Waals surface area contributed by atoms with Crippen LogP contribution in [0, 0.1) is 0 Å². The summed E-state index contributed by atoms with van der Waals surface area (Å²) in [4.78, 5) is 4.70. The maximum absolute atomic E-state index is 12.1. The smallest absolute Gasteiger partial charge is 0.223 e. The highest BCUT2D eigenvalue weighted by Gasteiger charge is 2.13. The second-order valence-electron chi connectivity index (χ2n) is 4.53. The van der Waals surface area contributed by atoms with Crippen LogP contribution in [0.4, 0.5) is 0 Å². The molecule has 0 aliphatic rings. The molecule has 3 rings (SSSR count). The number of sulfonamides is 1. The molecule has 0 aliphatic heterocycles. The molecule has 2 heterocycles. The molecule has 0 spiro atoms. The van der Waals surface area contributed by atoms with E-state index in [0.717, 1.165) is 10.8 Å². The van der Waals surface area contributed by atoms with E-state index in [9.17, 15) is 8.42 Å². The third kappa shape index (κ3) is 3.41. The van der Waals surface area contributed by atoms with Gasteiger partial charge >= 0.3 is 0 Å². The third-order valence-corrected chi connectivity index (χ3v) is 5.32. The van der Waals surface area contributed by atoms with Gasteiger partial charge in [-0.15, -0.1) is 11.3 Å². The third-order valence-electron chi connectivity index (χ3n) is 2.97. The van der Waals surface area contributed by atoms with Crippen molar-refractivity contribution in [2.75, 3.05) is 6.54 Å². The monoisotopic (exact) mass is 334 g/mol. The summed E-state index contributed by atoms with van der Waals surface area (Å²) in [5.41, 5.74) is 0.839. The van der Waals surface area contributed by atoms with E-state index in [-0.39, 0.29) is 4.90 Å². The number of hydrogen-bond acceptors (Lipinski definition) is 5. The summed E-state index contributed by atoms with van der Waals surface area (Å²) in [6.45, 7) is 0.305. The standard InChI is InChI=1S/C14H14N4O2S2/c19-22(20,13-5-2-1-3-6-13)16-9-7-12-11-21-14(17-12)18-10-4-8-15-18/h1-6,8,10-11,16H,7,9H2. The molecule has 22 heavy (non-hydrogen) atoms. The fourth-order valence-corrected chi connectivity index (χ4v) is 3.75. The van der Waals surface area contributed by atoms with E-state index in [0.29, 0.717) is 13.0 Å². The maximum Gasteiger partial charge on any atom is 0.240 e. The van der Waals surface area contributed by atoms with Gasteiger partial charge in [0.25, 0.3) is 0 Å². The Morgan fingerprint density at radius 3 is 2.73 bits per heavy atom. The fourth-order valence-electron chi connectivity index (χ4n) is 1.89. The molecule has 0 atom stereocenters. The summed E-state index contributed by atoms with van der Waals surface area (Å²) in [7, 11) is -3.46. The van der Waals surface area contributed by atoms with Crippen LogP contribution in [0.3, 0.4) is 0 Å². The number of rotatable bonds is 6. The van der Waals surface area contributed by atoms with Crippen molar-refractivity contribution >= 4 is 21.4 Å². The zero-order valence-electron chi connectivity index (χ0n) is 11.6. The second kappa shape index (κ2) is 6.39. The van der Waals surface area contributed by atoms with E-state index in [1.54, 1.807) is 41.2 Å². The summed E-state index contributed by atoms with van der Waals surface area (Å²) >= 11 is 1.47. The molecule has 0 aliphatic carbocycles. The Morgan fingerprint density at radius 1 is 1.18 bits per heavy atom. The molecule has 8 heteroatoms. The van der Waals surface area contributed by atoms with Crippen LogP contribution in [0.2, 0.25) is 0 Å². The predicted octanol–water partition coefficient (Wildman–Crippen LogP) is 1.85. The van der Waals surface area contributed by atoms with Crippen LogP contribution in [-0.2, 0) is 16.4 Å². The molecule has 1 N–H and O–H groups in total. The van der Waals surface area contributed by atoms with Crippen LogP contribution in [0.25, 0.3) is 5.13 Å². The fraction of sp³-hybridized carbons (Fsp3) is 0.143. The van der Waals surface area contributed by atoms with Crippen LogP contribution in [-0.4, -0.2) is 29.7 Å². The molecule has 0 fully saturated rings.